The summed E-state index contributed by atoms with van der Waals surface area (Å²) in [5, 5.41) is 9.80. The minimum Gasteiger partial charge on any atom is -0.321 e. The number of thiazole rings is 1. The Labute approximate surface area is 295 Å². The van der Waals surface area contributed by atoms with Gasteiger partial charge in [0.15, 0.2) is 5.13 Å². The number of rotatable bonds is 11. The molecule has 3 N–H and O–H groups in total. The summed E-state index contributed by atoms with van der Waals surface area (Å²) < 4.78 is 28.0. The van der Waals surface area contributed by atoms with Crippen LogP contribution in [-0.4, -0.2) is 22.7 Å². The Balaban J connectivity index is 1.21. The van der Waals surface area contributed by atoms with Gasteiger partial charge in [0.05, 0.1) is 5.69 Å². The molecule has 1 atom stereocenters. The second-order valence-corrected chi connectivity index (χ2v) is 12.9. The van der Waals surface area contributed by atoms with Gasteiger partial charge in [0.25, 0.3) is 11.8 Å². The predicted molar refractivity (Wildman–Crippen MR) is 195 cm³/mol. The van der Waals surface area contributed by atoms with Gasteiger partial charge >= 0.3 is 0 Å². The predicted octanol–water partition coefficient (Wildman–Crippen LogP) is 8.97. The van der Waals surface area contributed by atoms with Gasteiger partial charge in [-0.25, -0.2) is 13.8 Å². The zero-order valence-corrected chi connectivity index (χ0v) is 27.8. The molecule has 6 rings (SSSR count). The summed E-state index contributed by atoms with van der Waals surface area (Å²) in [6.07, 6.45) is 1.28. The van der Waals surface area contributed by atoms with E-state index in [1.54, 1.807) is 72.1 Å². The number of carbonyl (C=O) groups excluding carboxylic acids is 3. The van der Waals surface area contributed by atoms with Crippen LogP contribution in [0.1, 0.15) is 26.7 Å². The zero-order valence-electron chi connectivity index (χ0n) is 26.2. The number of hydrogen-bond donors (Lipinski definition) is 3. The van der Waals surface area contributed by atoms with Crippen LogP contribution in [0, 0.1) is 11.6 Å². The van der Waals surface area contributed by atoms with Gasteiger partial charge in [-0.1, -0.05) is 72.8 Å². The van der Waals surface area contributed by atoms with Crippen molar-refractivity contribution in [2.75, 3.05) is 10.6 Å². The topological polar surface area (TPSA) is 100 Å². The van der Waals surface area contributed by atoms with Crippen LogP contribution in [0.15, 0.2) is 149 Å². The third-order valence-corrected chi connectivity index (χ3v) is 9.30. The van der Waals surface area contributed by atoms with Crippen molar-refractivity contribution in [3.05, 3.63) is 173 Å². The van der Waals surface area contributed by atoms with Crippen molar-refractivity contribution < 1.29 is 23.2 Å². The van der Waals surface area contributed by atoms with Crippen molar-refractivity contribution in [2.24, 2.45) is 0 Å². The molecule has 6 aromatic rings. The van der Waals surface area contributed by atoms with E-state index in [9.17, 15) is 23.2 Å². The number of nitrogens with one attached hydrogen (secondary N) is 3. The molecule has 0 aliphatic rings. The number of anilines is 2. The summed E-state index contributed by atoms with van der Waals surface area (Å²) in [7, 11) is 0. The Morgan fingerprint density at radius 3 is 2.20 bits per heavy atom. The molecule has 248 valence electrons. The number of aromatic nitrogens is 1. The smallest absolute Gasteiger partial charge is 0.272 e. The van der Waals surface area contributed by atoms with E-state index >= 15 is 0 Å². The molecule has 7 nitrogen and oxygen atoms in total. The highest BCUT2D eigenvalue weighted by Gasteiger charge is 2.24. The van der Waals surface area contributed by atoms with Crippen molar-refractivity contribution in [1.82, 2.24) is 10.3 Å². The first kappa shape index (κ1) is 34.0. The molecule has 0 aliphatic heterocycles. The van der Waals surface area contributed by atoms with E-state index in [0.717, 1.165) is 11.1 Å². The molecule has 1 unspecified atom stereocenters. The molecular formula is C39H28F2N4O3S2. The van der Waals surface area contributed by atoms with Crippen LogP contribution in [0.25, 0.3) is 17.3 Å². The van der Waals surface area contributed by atoms with Crippen molar-refractivity contribution in [1.29, 1.82) is 0 Å². The van der Waals surface area contributed by atoms with E-state index in [1.807, 2.05) is 36.4 Å². The number of benzene rings is 5. The van der Waals surface area contributed by atoms with Crippen molar-refractivity contribution >= 4 is 57.7 Å². The summed E-state index contributed by atoms with van der Waals surface area (Å²) in [6.45, 7) is 0. The lowest BCUT2D eigenvalue weighted by Crippen LogP contribution is -2.30. The molecule has 50 heavy (non-hydrogen) atoms. The molecule has 0 saturated heterocycles. The number of hydrogen-bond acceptors (Lipinski definition) is 6. The van der Waals surface area contributed by atoms with Crippen LogP contribution >= 0.6 is 23.1 Å². The van der Waals surface area contributed by atoms with Crippen LogP contribution < -0.4 is 16.0 Å². The van der Waals surface area contributed by atoms with Gasteiger partial charge in [-0.05, 0) is 72.3 Å². The molecule has 11 heteroatoms. The second kappa shape index (κ2) is 16.0. The molecule has 0 saturated carbocycles. The van der Waals surface area contributed by atoms with Crippen molar-refractivity contribution in [3.63, 3.8) is 0 Å². The Kier molecular flexibility index (Phi) is 10.9. The van der Waals surface area contributed by atoms with E-state index in [-0.39, 0.29) is 23.0 Å². The fourth-order valence-corrected chi connectivity index (χ4v) is 6.63. The molecule has 0 spiro atoms. The molecule has 5 aromatic carbocycles. The monoisotopic (exact) mass is 702 g/mol. The Bertz CT molecular complexity index is 2160. The molecule has 3 amide bonds. The molecule has 1 aromatic heterocycles. The fourth-order valence-electron chi connectivity index (χ4n) is 4.83. The molecular weight excluding hydrogens is 675 g/mol. The summed E-state index contributed by atoms with van der Waals surface area (Å²) in [5.41, 5.74) is 2.77. The highest BCUT2D eigenvalue weighted by atomic mass is 32.2. The van der Waals surface area contributed by atoms with Crippen LogP contribution in [0.3, 0.4) is 0 Å². The van der Waals surface area contributed by atoms with Gasteiger partial charge in [0, 0.05) is 32.7 Å². The van der Waals surface area contributed by atoms with Gasteiger partial charge < -0.3 is 16.0 Å². The zero-order chi connectivity index (χ0) is 34.9. The highest BCUT2D eigenvalue weighted by molar-refractivity contribution is 8.00. The third-order valence-electron chi connectivity index (χ3n) is 7.29. The maximum Gasteiger partial charge on any atom is 0.272 e. The van der Waals surface area contributed by atoms with E-state index < -0.39 is 22.9 Å². The normalized spacial score (nSPS) is 11.8. The van der Waals surface area contributed by atoms with Crippen LogP contribution in [-0.2, 0) is 9.59 Å². The lowest BCUT2D eigenvalue weighted by atomic mass is 10.1. The van der Waals surface area contributed by atoms with E-state index in [2.05, 4.69) is 20.9 Å². The van der Waals surface area contributed by atoms with Crippen LogP contribution in [0.5, 0.6) is 0 Å². The van der Waals surface area contributed by atoms with Crippen LogP contribution in [0.4, 0.5) is 19.6 Å². The van der Waals surface area contributed by atoms with Gasteiger partial charge in [-0.3, -0.25) is 14.4 Å². The van der Waals surface area contributed by atoms with E-state index in [0.29, 0.717) is 27.0 Å². The van der Waals surface area contributed by atoms with Crippen LogP contribution in [0.2, 0.25) is 0 Å². The number of amides is 3. The quantitative estimate of drug-likeness (QED) is 0.0925. The van der Waals surface area contributed by atoms with Gasteiger partial charge in [-0.15, -0.1) is 23.1 Å². The van der Waals surface area contributed by atoms with Gasteiger partial charge in [0.1, 0.15) is 22.6 Å². The molecule has 0 aliphatic carbocycles. The Hall–Kier alpha value is -5.91. The number of thioether (sulfide) groups is 1. The minimum absolute atomic E-state index is 0.122. The summed E-state index contributed by atoms with van der Waals surface area (Å²) >= 11 is 2.53. The molecule has 0 radical (unpaired) electrons. The van der Waals surface area contributed by atoms with Crippen molar-refractivity contribution in [2.45, 2.75) is 10.1 Å². The molecule has 0 fully saturated rings. The van der Waals surface area contributed by atoms with Crippen molar-refractivity contribution in [3.8, 4) is 11.3 Å². The average molecular weight is 703 g/mol. The summed E-state index contributed by atoms with van der Waals surface area (Å²) in [4.78, 5) is 45.5. The van der Waals surface area contributed by atoms with E-state index in [1.165, 1.54) is 59.5 Å². The first-order valence-corrected chi connectivity index (χ1v) is 17.1. The third kappa shape index (κ3) is 8.76. The Morgan fingerprint density at radius 1 is 0.760 bits per heavy atom. The summed E-state index contributed by atoms with van der Waals surface area (Å²) in [6, 6.07) is 36.4. The van der Waals surface area contributed by atoms with Gasteiger partial charge in [-0.2, -0.15) is 0 Å². The minimum atomic E-state index is -0.693. The fraction of sp³-hybridized carbons (Fsp3) is 0.0256. The standard InChI is InChI=1S/C39H28F2N4O3S2/c40-29-20-18-25(19-21-29)34-24-49-39(44-34)45-38(48)35(26-10-3-1-4-11-26)50-31-16-9-15-30(23-31)42-37(47)33(22-28-14-7-8-17-32(28)41)43-36(46)27-12-5-2-6-13-27/h1-24,35H,(H,42,47)(H,43,46)(H,44,45,48)/b33-22-. The molecule has 0 bridgehead atoms. The van der Waals surface area contributed by atoms with Gasteiger partial charge in [0.2, 0.25) is 5.91 Å². The average Bonchev–Trinajstić information content (AvgIpc) is 3.60. The van der Waals surface area contributed by atoms with E-state index in [4.69, 9.17) is 0 Å². The second-order valence-electron chi connectivity index (χ2n) is 10.8. The Morgan fingerprint density at radius 2 is 1.46 bits per heavy atom. The first-order valence-electron chi connectivity index (χ1n) is 15.3. The number of carbonyl (C=O) groups is 3. The maximum atomic E-state index is 14.6. The lowest BCUT2D eigenvalue weighted by Gasteiger charge is -2.17. The largest absolute Gasteiger partial charge is 0.321 e. The number of nitrogens with zero attached hydrogens (tertiary/aromatic N) is 1. The highest BCUT2D eigenvalue weighted by Crippen LogP contribution is 2.38. The maximum absolute atomic E-state index is 14.6. The molecule has 1 heterocycles. The number of halogens is 2. The SMILES string of the molecule is O=C(Nc1cccc(SC(C(=O)Nc2nc(-c3ccc(F)cc3)cs2)c2ccccc2)c1)/C(=C/c1ccccc1F)NC(=O)c1ccccc1. The summed E-state index contributed by atoms with van der Waals surface area (Å²) in [5.74, 6) is -2.42. The lowest BCUT2D eigenvalue weighted by molar-refractivity contribution is -0.116. The first-order chi connectivity index (χ1) is 24.3.